The number of imidazole rings is 1. The number of hydrogen-bond donors (Lipinski definition) is 1. The number of nitrogens with zero attached hydrogens (tertiary/aromatic N) is 7. The van der Waals surface area contributed by atoms with Crippen LogP contribution >= 0.6 is 0 Å². The monoisotopic (exact) mass is 388 g/mol. The average molecular weight is 388 g/mol. The average Bonchev–Trinajstić information content (AvgIpc) is 3.13. The number of anilines is 2. The summed E-state index contributed by atoms with van der Waals surface area (Å²) < 4.78 is 1.98. The highest BCUT2D eigenvalue weighted by Crippen LogP contribution is 2.32. The molecule has 0 spiro atoms. The van der Waals surface area contributed by atoms with E-state index in [-0.39, 0.29) is 6.04 Å². The summed E-state index contributed by atoms with van der Waals surface area (Å²) in [5.74, 6) is 1.47. The maximum absolute atomic E-state index is 8.90. The molecule has 0 amide bonds. The number of hydrogen-bond acceptors (Lipinski definition) is 7. The number of pyridine rings is 1. The molecule has 29 heavy (non-hydrogen) atoms. The molecule has 3 aromatic rings. The first-order valence-electron chi connectivity index (χ1n) is 9.80. The minimum Gasteiger partial charge on any atom is -0.340 e. The zero-order chi connectivity index (χ0) is 20.2. The molecule has 0 bridgehead atoms. The summed E-state index contributed by atoms with van der Waals surface area (Å²) in [6.45, 7) is 3.76. The zero-order valence-corrected chi connectivity index (χ0v) is 16.7. The molecule has 0 unspecified atom stereocenters. The summed E-state index contributed by atoms with van der Waals surface area (Å²) in [4.78, 5) is 20.3. The number of nitrogens with one attached hydrogen (secondary N) is 1. The molecular formula is C21H24N8. The highest BCUT2D eigenvalue weighted by Gasteiger charge is 2.26. The van der Waals surface area contributed by atoms with Gasteiger partial charge < -0.3 is 9.88 Å². The first kappa shape index (κ1) is 19.0. The lowest BCUT2D eigenvalue weighted by Crippen LogP contribution is -2.33. The van der Waals surface area contributed by atoms with Crippen LogP contribution in [0.4, 0.5) is 11.5 Å². The Hall–Kier alpha value is -3.31. The van der Waals surface area contributed by atoms with Gasteiger partial charge in [0.05, 0.1) is 35.6 Å². The van der Waals surface area contributed by atoms with E-state index in [2.05, 4.69) is 31.4 Å². The molecule has 148 valence electrons. The van der Waals surface area contributed by atoms with E-state index in [0.717, 1.165) is 48.2 Å². The maximum atomic E-state index is 8.90. The van der Waals surface area contributed by atoms with Gasteiger partial charge in [-0.2, -0.15) is 5.26 Å². The van der Waals surface area contributed by atoms with E-state index in [1.54, 1.807) is 12.3 Å². The van der Waals surface area contributed by atoms with Crippen molar-refractivity contribution in [3.05, 3.63) is 59.8 Å². The van der Waals surface area contributed by atoms with Crippen molar-refractivity contribution in [3.63, 3.8) is 0 Å². The number of nitriles is 1. The van der Waals surface area contributed by atoms with Crippen LogP contribution in [0.2, 0.25) is 0 Å². The summed E-state index contributed by atoms with van der Waals surface area (Å²) in [6.07, 6.45) is 9.01. The predicted molar refractivity (Wildman–Crippen MR) is 109 cm³/mol. The first-order valence-corrected chi connectivity index (χ1v) is 9.80. The Bertz CT molecular complexity index is 1020. The number of likely N-dealkylation sites (tertiary alicyclic amines) is 1. The van der Waals surface area contributed by atoms with Crippen molar-refractivity contribution in [3.8, 4) is 6.07 Å². The molecule has 0 aliphatic carbocycles. The lowest BCUT2D eigenvalue weighted by atomic mass is 9.98. The van der Waals surface area contributed by atoms with Crippen LogP contribution in [0.1, 0.15) is 48.2 Å². The van der Waals surface area contributed by atoms with Crippen molar-refractivity contribution in [1.82, 2.24) is 29.4 Å². The van der Waals surface area contributed by atoms with E-state index in [1.165, 1.54) is 12.8 Å². The normalized spacial score (nSPS) is 17.1. The summed E-state index contributed by atoms with van der Waals surface area (Å²) in [5, 5.41) is 12.2. The highest BCUT2D eigenvalue weighted by atomic mass is 15.2. The van der Waals surface area contributed by atoms with Crippen LogP contribution in [0.5, 0.6) is 0 Å². The topological polar surface area (TPSA) is 95.6 Å². The molecule has 1 aliphatic rings. The molecule has 3 aromatic heterocycles. The third kappa shape index (κ3) is 4.58. The molecule has 1 atom stereocenters. The van der Waals surface area contributed by atoms with Crippen molar-refractivity contribution in [2.75, 3.05) is 11.9 Å². The van der Waals surface area contributed by atoms with Gasteiger partial charge in [-0.1, -0.05) is 6.42 Å². The van der Waals surface area contributed by atoms with Crippen molar-refractivity contribution >= 4 is 11.5 Å². The van der Waals surface area contributed by atoms with E-state index >= 15 is 0 Å². The van der Waals surface area contributed by atoms with Crippen molar-refractivity contribution in [2.45, 2.75) is 38.8 Å². The van der Waals surface area contributed by atoms with Gasteiger partial charge >= 0.3 is 0 Å². The van der Waals surface area contributed by atoms with Crippen LogP contribution in [0.15, 0.2) is 36.9 Å². The van der Waals surface area contributed by atoms with E-state index in [1.807, 2.05) is 43.1 Å². The van der Waals surface area contributed by atoms with Gasteiger partial charge in [-0.05, 0) is 38.4 Å². The molecule has 1 aliphatic heterocycles. The van der Waals surface area contributed by atoms with Crippen molar-refractivity contribution < 1.29 is 0 Å². The number of aryl methyl sites for hydroxylation is 2. The molecule has 0 radical (unpaired) electrons. The van der Waals surface area contributed by atoms with Crippen LogP contribution < -0.4 is 5.32 Å². The van der Waals surface area contributed by atoms with Crippen LogP contribution in [-0.2, 0) is 13.6 Å². The molecule has 4 rings (SSSR count). The second-order valence-electron chi connectivity index (χ2n) is 7.41. The van der Waals surface area contributed by atoms with Gasteiger partial charge in [-0.15, -0.1) is 0 Å². The second-order valence-corrected chi connectivity index (χ2v) is 7.41. The fourth-order valence-electron chi connectivity index (χ4n) is 3.78. The molecule has 0 aromatic carbocycles. The molecular weight excluding hydrogens is 364 g/mol. The molecule has 4 heterocycles. The smallest absolute Gasteiger partial charge is 0.140 e. The summed E-state index contributed by atoms with van der Waals surface area (Å²) in [5.41, 5.74) is 3.29. The van der Waals surface area contributed by atoms with Gasteiger partial charge in [0.25, 0.3) is 0 Å². The lowest BCUT2D eigenvalue weighted by Gasteiger charge is -2.35. The first-order chi connectivity index (χ1) is 14.1. The molecule has 8 heteroatoms. The summed E-state index contributed by atoms with van der Waals surface area (Å²) in [6, 6.07) is 7.81. The minimum atomic E-state index is 0.243. The number of aromatic nitrogens is 5. The lowest BCUT2D eigenvalue weighted by molar-refractivity contribution is 0.135. The highest BCUT2D eigenvalue weighted by molar-refractivity contribution is 5.55. The molecule has 1 fully saturated rings. The molecule has 1 N–H and O–H groups in total. The van der Waals surface area contributed by atoms with Crippen LogP contribution in [0.3, 0.4) is 0 Å². The maximum Gasteiger partial charge on any atom is 0.140 e. The minimum absolute atomic E-state index is 0.243. The van der Waals surface area contributed by atoms with Crippen LogP contribution in [0, 0.1) is 18.3 Å². The molecule has 1 saturated heterocycles. The van der Waals surface area contributed by atoms with Gasteiger partial charge in [0, 0.05) is 25.9 Å². The Labute approximate surface area is 170 Å². The summed E-state index contributed by atoms with van der Waals surface area (Å²) >= 11 is 0. The van der Waals surface area contributed by atoms with E-state index < -0.39 is 0 Å². The Kier molecular flexibility index (Phi) is 5.49. The molecule has 8 nitrogen and oxygen atoms in total. The second kappa shape index (κ2) is 8.37. The summed E-state index contributed by atoms with van der Waals surface area (Å²) in [7, 11) is 1.99. The van der Waals surface area contributed by atoms with Crippen molar-refractivity contribution in [2.24, 2.45) is 7.05 Å². The Morgan fingerprint density at radius 2 is 2.14 bits per heavy atom. The fraction of sp³-hybridized carbons (Fsp3) is 0.381. The number of rotatable bonds is 5. The predicted octanol–water partition coefficient (Wildman–Crippen LogP) is 3.26. The van der Waals surface area contributed by atoms with Gasteiger partial charge in [-0.25, -0.2) is 19.9 Å². The van der Waals surface area contributed by atoms with E-state index in [0.29, 0.717) is 5.69 Å². The quantitative estimate of drug-likeness (QED) is 0.717. The van der Waals surface area contributed by atoms with Crippen LogP contribution in [0.25, 0.3) is 0 Å². The third-order valence-corrected chi connectivity index (χ3v) is 5.09. The van der Waals surface area contributed by atoms with E-state index in [4.69, 9.17) is 10.2 Å². The molecule has 0 saturated carbocycles. The van der Waals surface area contributed by atoms with Crippen molar-refractivity contribution in [1.29, 1.82) is 5.26 Å². The number of piperidine rings is 1. The van der Waals surface area contributed by atoms with Crippen LogP contribution in [-0.4, -0.2) is 35.9 Å². The standard InChI is InChI=1S/C21H24N8/c1-15-25-19(9-21(26-15)27-17-7-6-16(10-22)23-11-17)20-5-3-4-8-29(20)13-18-12-28(2)14-24-18/h6-7,9,11-12,14,20H,3-5,8,13H2,1-2H3,(H,25,26,27)/t20-/m0/s1. The third-order valence-electron chi connectivity index (χ3n) is 5.09. The fourth-order valence-corrected chi connectivity index (χ4v) is 3.78. The van der Waals surface area contributed by atoms with Gasteiger partial charge in [0.15, 0.2) is 0 Å². The van der Waals surface area contributed by atoms with Gasteiger partial charge in [-0.3, -0.25) is 4.90 Å². The SMILES string of the molecule is Cc1nc(Nc2ccc(C#N)nc2)cc([C@@H]2CCCCN2Cc2cn(C)cn2)n1. The largest absolute Gasteiger partial charge is 0.340 e. The van der Waals surface area contributed by atoms with Gasteiger partial charge in [0.1, 0.15) is 23.4 Å². The zero-order valence-electron chi connectivity index (χ0n) is 16.7. The Morgan fingerprint density at radius 3 is 2.86 bits per heavy atom. The Balaban J connectivity index is 1.56. The Morgan fingerprint density at radius 1 is 1.24 bits per heavy atom. The van der Waals surface area contributed by atoms with E-state index in [9.17, 15) is 0 Å². The van der Waals surface area contributed by atoms with Gasteiger partial charge in [0.2, 0.25) is 0 Å².